The SMILES string of the molecule is CCCCOCCOc1ccc(-c2ccc3c(c2)C=C(C(=O)Nc2ccc(S(=O)CCn4cnnc4)cc2)CCN3CC(C)C)cc1. The van der Waals surface area contributed by atoms with Gasteiger partial charge in [-0.15, -0.1) is 10.2 Å². The number of hydrogen-bond donors (Lipinski definition) is 1. The van der Waals surface area contributed by atoms with E-state index in [4.69, 9.17) is 9.47 Å². The lowest BCUT2D eigenvalue weighted by Gasteiger charge is -2.27. The Morgan fingerprint density at radius 1 is 0.957 bits per heavy atom. The minimum atomic E-state index is -1.17. The highest BCUT2D eigenvalue weighted by atomic mass is 32.2. The van der Waals surface area contributed by atoms with Crippen LogP contribution in [0.15, 0.2) is 89.9 Å². The number of anilines is 2. The molecule has 5 rings (SSSR count). The molecule has 4 aromatic rings. The maximum atomic E-state index is 13.6. The molecule has 0 saturated carbocycles. The van der Waals surface area contributed by atoms with Crippen molar-refractivity contribution in [1.29, 1.82) is 0 Å². The molecule has 248 valence electrons. The number of benzene rings is 3. The standard InChI is InChI=1S/C37H45N5O4S/c1-4-5-19-45-20-21-46-34-11-6-29(7-12-34)30-8-15-36-32(23-30)24-31(16-17-42(36)25-28(2)3)37(43)40-33-9-13-35(14-10-33)47(44)22-18-41-26-38-39-27-41/h6-15,23-24,26-28H,4-5,16-22,25H2,1-3H3,(H,40,43). The van der Waals surface area contributed by atoms with Gasteiger partial charge in [0.1, 0.15) is 25.0 Å². The lowest BCUT2D eigenvalue weighted by molar-refractivity contribution is -0.112. The number of unbranched alkanes of at least 4 members (excludes halogenated alkanes) is 1. The summed E-state index contributed by atoms with van der Waals surface area (Å²) >= 11 is 0. The molecule has 0 saturated heterocycles. The first-order chi connectivity index (χ1) is 22.9. The molecule has 47 heavy (non-hydrogen) atoms. The van der Waals surface area contributed by atoms with Crippen molar-refractivity contribution in [1.82, 2.24) is 14.8 Å². The highest BCUT2D eigenvalue weighted by Crippen LogP contribution is 2.34. The third-order valence-electron chi connectivity index (χ3n) is 7.93. The minimum absolute atomic E-state index is 0.130. The molecule has 2 heterocycles. The predicted octanol–water partition coefficient (Wildman–Crippen LogP) is 6.84. The van der Waals surface area contributed by atoms with E-state index in [1.807, 2.05) is 42.5 Å². The number of aryl methyl sites for hydroxylation is 1. The van der Waals surface area contributed by atoms with Crippen LogP contribution in [0.1, 0.15) is 45.6 Å². The van der Waals surface area contributed by atoms with Gasteiger partial charge in [-0.2, -0.15) is 0 Å². The lowest BCUT2D eigenvalue weighted by atomic mass is 10.00. The molecule has 10 heteroatoms. The number of carbonyl (C=O) groups excluding carboxylic acids is 1. The van der Waals surface area contributed by atoms with Gasteiger partial charge in [-0.3, -0.25) is 9.00 Å². The molecule has 1 aliphatic rings. The van der Waals surface area contributed by atoms with Crippen molar-refractivity contribution in [2.24, 2.45) is 5.92 Å². The smallest absolute Gasteiger partial charge is 0.251 e. The van der Waals surface area contributed by atoms with E-state index >= 15 is 0 Å². The number of ether oxygens (including phenoxy) is 2. The number of fused-ring (bicyclic) bond motifs is 1. The first kappa shape index (κ1) is 34.1. The Balaban J connectivity index is 1.27. The van der Waals surface area contributed by atoms with Crippen molar-refractivity contribution in [3.8, 4) is 16.9 Å². The van der Waals surface area contributed by atoms with Crippen LogP contribution < -0.4 is 15.0 Å². The van der Waals surface area contributed by atoms with Crippen molar-refractivity contribution in [3.63, 3.8) is 0 Å². The van der Waals surface area contributed by atoms with Gasteiger partial charge in [0.25, 0.3) is 5.91 Å². The monoisotopic (exact) mass is 655 g/mol. The molecular weight excluding hydrogens is 611 g/mol. The molecule has 9 nitrogen and oxygen atoms in total. The number of hydrogen-bond acceptors (Lipinski definition) is 7. The number of carbonyl (C=O) groups is 1. The van der Waals surface area contributed by atoms with Gasteiger partial charge in [-0.05, 0) is 90.1 Å². The first-order valence-electron chi connectivity index (χ1n) is 16.4. The van der Waals surface area contributed by atoms with Gasteiger partial charge in [-0.25, -0.2) is 0 Å². The maximum absolute atomic E-state index is 13.6. The fourth-order valence-corrected chi connectivity index (χ4v) is 6.49. The van der Waals surface area contributed by atoms with Crippen LogP contribution in [0.4, 0.5) is 11.4 Å². The van der Waals surface area contributed by atoms with Crippen LogP contribution in [0.5, 0.6) is 5.75 Å². The van der Waals surface area contributed by atoms with Gasteiger partial charge in [0.05, 0.1) is 17.4 Å². The Morgan fingerprint density at radius 3 is 2.43 bits per heavy atom. The zero-order chi connectivity index (χ0) is 33.0. The van der Waals surface area contributed by atoms with Gasteiger partial charge in [0.2, 0.25) is 0 Å². The molecule has 3 aromatic carbocycles. The topological polar surface area (TPSA) is 98.6 Å². The Kier molecular flexibility index (Phi) is 12.3. The molecule has 0 radical (unpaired) electrons. The molecule has 1 aliphatic heterocycles. The number of amides is 1. The Labute approximate surface area is 280 Å². The van der Waals surface area contributed by atoms with Gasteiger partial charge >= 0.3 is 0 Å². The molecule has 1 aromatic heterocycles. The largest absolute Gasteiger partial charge is 0.491 e. The van der Waals surface area contributed by atoms with E-state index in [1.54, 1.807) is 17.2 Å². The molecule has 0 spiro atoms. The van der Waals surface area contributed by atoms with Crippen molar-refractivity contribution in [2.45, 2.75) is 51.5 Å². The van der Waals surface area contributed by atoms with E-state index in [0.29, 0.717) is 48.4 Å². The Morgan fingerprint density at radius 2 is 1.70 bits per heavy atom. The van der Waals surface area contributed by atoms with Crippen molar-refractivity contribution in [2.75, 3.05) is 48.9 Å². The second-order valence-electron chi connectivity index (χ2n) is 12.1. The van der Waals surface area contributed by atoms with Crippen LogP contribution in [0.25, 0.3) is 17.2 Å². The summed E-state index contributed by atoms with van der Waals surface area (Å²) in [5, 5.41) is 10.6. The van der Waals surface area contributed by atoms with E-state index in [0.717, 1.165) is 66.2 Å². The highest BCUT2D eigenvalue weighted by molar-refractivity contribution is 7.85. The fourth-order valence-electron chi connectivity index (χ4n) is 5.44. The molecule has 0 fully saturated rings. The third kappa shape index (κ3) is 9.86. The Bertz CT molecular complexity index is 1640. The summed E-state index contributed by atoms with van der Waals surface area (Å²) in [7, 11) is -1.17. The molecular formula is C37H45N5O4S. The zero-order valence-corrected chi connectivity index (χ0v) is 28.4. The van der Waals surface area contributed by atoms with Crippen LogP contribution in [0, 0.1) is 5.92 Å². The van der Waals surface area contributed by atoms with E-state index < -0.39 is 10.8 Å². The van der Waals surface area contributed by atoms with E-state index in [9.17, 15) is 9.00 Å². The fraction of sp³-hybridized carbons (Fsp3) is 0.378. The predicted molar refractivity (Wildman–Crippen MR) is 189 cm³/mol. The normalized spacial score (nSPS) is 13.5. The Hall–Kier alpha value is -4.28. The summed E-state index contributed by atoms with van der Waals surface area (Å²) in [6, 6.07) is 21.9. The summed E-state index contributed by atoms with van der Waals surface area (Å²) in [5.41, 5.74) is 5.70. The van der Waals surface area contributed by atoms with Crippen molar-refractivity contribution in [3.05, 3.63) is 90.5 Å². The van der Waals surface area contributed by atoms with Gasteiger partial charge in [0.15, 0.2) is 0 Å². The molecule has 0 aliphatic carbocycles. The maximum Gasteiger partial charge on any atom is 0.251 e. The van der Waals surface area contributed by atoms with Crippen molar-refractivity contribution >= 4 is 34.2 Å². The third-order valence-corrected chi connectivity index (χ3v) is 9.28. The number of nitrogens with one attached hydrogen (secondary N) is 1. The molecule has 1 N–H and O–H groups in total. The van der Waals surface area contributed by atoms with Crippen LogP contribution in [0.2, 0.25) is 0 Å². The van der Waals surface area contributed by atoms with Gasteiger partial charge in [-0.1, -0.05) is 45.4 Å². The van der Waals surface area contributed by atoms with Crippen LogP contribution in [0.3, 0.4) is 0 Å². The van der Waals surface area contributed by atoms with E-state index in [2.05, 4.69) is 71.5 Å². The van der Waals surface area contributed by atoms with Gasteiger partial charge < -0.3 is 24.3 Å². The molecule has 1 atom stereocenters. The van der Waals surface area contributed by atoms with Crippen molar-refractivity contribution < 1.29 is 18.5 Å². The highest BCUT2D eigenvalue weighted by Gasteiger charge is 2.21. The van der Waals surface area contributed by atoms with Gasteiger partial charge in [0, 0.05) is 53.8 Å². The minimum Gasteiger partial charge on any atom is -0.491 e. The second kappa shape index (κ2) is 17.0. The summed E-state index contributed by atoms with van der Waals surface area (Å²) in [6.45, 7) is 10.7. The summed E-state index contributed by atoms with van der Waals surface area (Å²) in [5.74, 6) is 1.62. The van der Waals surface area contributed by atoms with E-state index in [-0.39, 0.29) is 5.91 Å². The quantitative estimate of drug-likeness (QED) is 0.132. The average molecular weight is 656 g/mol. The molecule has 0 bridgehead atoms. The van der Waals surface area contributed by atoms with Crippen LogP contribution in [-0.4, -0.2) is 63.5 Å². The second-order valence-corrected chi connectivity index (χ2v) is 13.7. The first-order valence-corrected chi connectivity index (χ1v) is 17.7. The summed E-state index contributed by atoms with van der Waals surface area (Å²) < 4.78 is 26.0. The zero-order valence-electron chi connectivity index (χ0n) is 27.6. The summed E-state index contributed by atoms with van der Waals surface area (Å²) in [4.78, 5) is 16.7. The summed E-state index contributed by atoms with van der Waals surface area (Å²) in [6.07, 6.45) is 8.07. The average Bonchev–Trinajstić information content (AvgIpc) is 3.54. The lowest BCUT2D eigenvalue weighted by Crippen LogP contribution is -2.29. The number of nitrogens with zero attached hydrogens (tertiary/aromatic N) is 4. The molecule has 1 unspecified atom stereocenters. The number of aromatic nitrogens is 3. The number of rotatable bonds is 16. The van der Waals surface area contributed by atoms with E-state index in [1.165, 1.54) is 0 Å². The molecule has 1 amide bonds. The van der Waals surface area contributed by atoms with Crippen LogP contribution in [-0.2, 0) is 26.9 Å². The van der Waals surface area contributed by atoms with Crippen LogP contribution >= 0.6 is 0 Å².